The van der Waals surface area contributed by atoms with Crippen LogP contribution in [0.5, 0.6) is 5.75 Å². The minimum atomic E-state index is -1.08. The van der Waals surface area contributed by atoms with E-state index in [0.29, 0.717) is 25.4 Å². The normalized spacial score (nSPS) is 10.7. The van der Waals surface area contributed by atoms with E-state index in [1.807, 2.05) is 30.3 Å². The molecule has 1 heterocycles. The van der Waals surface area contributed by atoms with Crippen LogP contribution in [0.2, 0.25) is 0 Å². The van der Waals surface area contributed by atoms with Gasteiger partial charge in [-0.15, -0.1) is 11.3 Å². The standard InChI is InChI=1S/C19H11I4NO4S/c1-28-16-12(22)6-11(21)14(15(16)23)17(25)24-18-13(19(26)27)10(7-29-18)8-3-2-4-9(20)5-8/h2-7H,1H3,(H,24,25)(H,26,27). The number of methoxy groups -OCH3 is 1. The van der Waals surface area contributed by atoms with Crippen molar-refractivity contribution in [2.75, 3.05) is 12.4 Å². The molecule has 3 rings (SSSR count). The van der Waals surface area contributed by atoms with Gasteiger partial charge in [0.1, 0.15) is 16.3 Å². The molecule has 0 spiro atoms. The average Bonchev–Trinajstić information content (AvgIpc) is 3.05. The van der Waals surface area contributed by atoms with Gasteiger partial charge in [-0.25, -0.2) is 4.79 Å². The number of carbonyl (C=O) groups is 2. The first-order valence-corrected chi connectivity index (χ1v) is 13.1. The highest BCUT2D eigenvalue weighted by Gasteiger charge is 2.25. The molecule has 2 N–H and O–H groups in total. The van der Waals surface area contributed by atoms with E-state index in [0.717, 1.165) is 16.3 Å². The highest BCUT2D eigenvalue weighted by atomic mass is 127. The van der Waals surface area contributed by atoms with E-state index >= 15 is 0 Å². The van der Waals surface area contributed by atoms with Crippen LogP contribution < -0.4 is 10.1 Å². The van der Waals surface area contributed by atoms with E-state index < -0.39 is 5.97 Å². The van der Waals surface area contributed by atoms with E-state index in [1.165, 1.54) is 11.3 Å². The zero-order valence-electron chi connectivity index (χ0n) is 14.6. The molecule has 1 aromatic heterocycles. The predicted molar refractivity (Wildman–Crippen MR) is 149 cm³/mol. The first-order chi connectivity index (χ1) is 13.7. The van der Waals surface area contributed by atoms with Gasteiger partial charge in [-0.2, -0.15) is 0 Å². The van der Waals surface area contributed by atoms with Crippen LogP contribution in [0.25, 0.3) is 11.1 Å². The van der Waals surface area contributed by atoms with Crippen molar-refractivity contribution in [3.63, 3.8) is 0 Å². The molecule has 5 nitrogen and oxygen atoms in total. The molecule has 0 atom stereocenters. The molecule has 0 bridgehead atoms. The average molecular weight is 857 g/mol. The molecule has 1 amide bonds. The van der Waals surface area contributed by atoms with Crippen molar-refractivity contribution in [2.24, 2.45) is 0 Å². The summed E-state index contributed by atoms with van der Waals surface area (Å²) in [4.78, 5) is 25.0. The lowest BCUT2D eigenvalue weighted by molar-refractivity contribution is 0.0699. The third-order valence-electron chi connectivity index (χ3n) is 3.93. The van der Waals surface area contributed by atoms with Crippen LogP contribution in [0.15, 0.2) is 35.7 Å². The Balaban J connectivity index is 2.04. The number of nitrogens with one attached hydrogen (secondary N) is 1. The van der Waals surface area contributed by atoms with E-state index in [1.54, 1.807) is 12.5 Å². The SMILES string of the molecule is COc1c(I)cc(I)c(C(=O)Nc2scc(-c3cccc(I)c3)c2C(=O)O)c1I. The third-order valence-corrected chi connectivity index (χ3v) is 8.17. The Labute approximate surface area is 225 Å². The molecule has 0 saturated carbocycles. The number of hydrogen-bond acceptors (Lipinski definition) is 4. The predicted octanol–water partition coefficient (Wildman–Crippen LogP) is 6.79. The van der Waals surface area contributed by atoms with Gasteiger partial charge in [0.25, 0.3) is 5.91 Å². The first-order valence-electron chi connectivity index (χ1n) is 7.88. The number of amides is 1. The number of anilines is 1. The molecule has 29 heavy (non-hydrogen) atoms. The van der Waals surface area contributed by atoms with Crippen LogP contribution in [-0.2, 0) is 0 Å². The Bertz CT molecular complexity index is 1130. The van der Waals surface area contributed by atoms with Gasteiger partial charge in [0.15, 0.2) is 0 Å². The van der Waals surface area contributed by atoms with E-state index in [2.05, 4.69) is 95.7 Å². The van der Waals surface area contributed by atoms with Crippen LogP contribution in [0.4, 0.5) is 5.00 Å². The quantitative estimate of drug-likeness (QED) is 0.278. The molecule has 0 aliphatic carbocycles. The van der Waals surface area contributed by atoms with Crippen LogP contribution >= 0.6 is 102 Å². The second-order valence-electron chi connectivity index (χ2n) is 5.69. The lowest BCUT2D eigenvalue weighted by atomic mass is 10.0. The molecule has 0 aliphatic rings. The lowest BCUT2D eigenvalue weighted by Gasteiger charge is -2.13. The highest BCUT2D eigenvalue weighted by molar-refractivity contribution is 14.1. The number of benzene rings is 2. The Morgan fingerprint density at radius 1 is 1.07 bits per heavy atom. The van der Waals surface area contributed by atoms with Crippen molar-refractivity contribution in [2.45, 2.75) is 0 Å². The Morgan fingerprint density at radius 3 is 2.41 bits per heavy atom. The van der Waals surface area contributed by atoms with Crippen LogP contribution in [-0.4, -0.2) is 24.1 Å². The second kappa shape index (κ2) is 9.95. The summed E-state index contributed by atoms with van der Waals surface area (Å²) >= 11 is 9.73. The fourth-order valence-corrected chi connectivity index (χ4v) is 8.46. The molecule has 0 fully saturated rings. The summed E-state index contributed by atoms with van der Waals surface area (Å²) < 4.78 is 8.77. The fourth-order valence-electron chi connectivity index (χ4n) is 2.66. The van der Waals surface area contributed by atoms with Crippen LogP contribution in [0.1, 0.15) is 20.7 Å². The monoisotopic (exact) mass is 857 g/mol. The number of ether oxygens (including phenoxy) is 1. The summed E-state index contributed by atoms with van der Waals surface area (Å²) in [5.41, 5.74) is 1.93. The zero-order chi connectivity index (χ0) is 21.3. The zero-order valence-corrected chi connectivity index (χ0v) is 24.0. The summed E-state index contributed by atoms with van der Waals surface area (Å²) in [5, 5.41) is 14.7. The highest BCUT2D eigenvalue weighted by Crippen LogP contribution is 2.38. The van der Waals surface area contributed by atoms with E-state index in [-0.39, 0.29) is 11.5 Å². The van der Waals surface area contributed by atoms with Gasteiger partial charge in [0.05, 0.1) is 19.8 Å². The van der Waals surface area contributed by atoms with Gasteiger partial charge in [0, 0.05) is 18.1 Å². The number of rotatable bonds is 5. The minimum absolute atomic E-state index is 0.0906. The number of carboxylic acid groups (broad SMARTS) is 1. The molecule has 3 aromatic rings. The summed E-state index contributed by atoms with van der Waals surface area (Å²) in [6.45, 7) is 0. The molecule has 0 aliphatic heterocycles. The molecule has 2 aromatic carbocycles. The van der Waals surface area contributed by atoms with Crippen molar-refractivity contribution in [1.82, 2.24) is 0 Å². The smallest absolute Gasteiger partial charge is 0.339 e. The number of aromatic carboxylic acids is 1. The molecule has 150 valence electrons. The molecular weight excluding hydrogens is 846 g/mol. The number of hydrogen-bond donors (Lipinski definition) is 2. The topological polar surface area (TPSA) is 75.6 Å². The molecule has 10 heteroatoms. The minimum Gasteiger partial charge on any atom is -0.495 e. The van der Waals surface area contributed by atoms with Gasteiger partial charge < -0.3 is 15.2 Å². The summed E-state index contributed by atoms with van der Waals surface area (Å²) in [6.07, 6.45) is 0. The molecule has 0 saturated heterocycles. The van der Waals surface area contributed by atoms with E-state index in [9.17, 15) is 14.7 Å². The number of halogens is 4. The largest absolute Gasteiger partial charge is 0.495 e. The Morgan fingerprint density at radius 2 is 1.79 bits per heavy atom. The number of carbonyl (C=O) groups excluding carboxylic acids is 1. The molecule has 0 unspecified atom stereocenters. The van der Waals surface area contributed by atoms with Crippen LogP contribution in [0, 0.1) is 14.3 Å². The van der Waals surface area contributed by atoms with Crippen molar-refractivity contribution in [3.05, 3.63) is 61.1 Å². The van der Waals surface area contributed by atoms with E-state index in [4.69, 9.17) is 4.74 Å². The maximum Gasteiger partial charge on any atom is 0.339 e. The lowest BCUT2D eigenvalue weighted by Crippen LogP contribution is -2.17. The fraction of sp³-hybridized carbons (Fsp3) is 0.0526. The molecule has 0 radical (unpaired) electrons. The first kappa shape index (κ1) is 23.5. The van der Waals surface area contributed by atoms with Gasteiger partial charge in [-0.3, -0.25) is 4.79 Å². The summed E-state index contributed by atoms with van der Waals surface area (Å²) in [5.74, 6) is -0.826. The summed E-state index contributed by atoms with van der Waals surface area (Å²) in [7, 11) is 1.56. The maximum atomic E-state index is 13.0. The van der Waals surface area contributed by atoms with Crippen molar-refractivity contribution >= 4 is 119 Å². The van der Waals surface area contributed by atoms with Gasteiger partial charge >= 0.3 is 5.97 Å². The van der Waals surface area contributed by atoms with Crippen LogP contribution in [0.3, 0.4) is 0 Å². The molecular formula is C19H11I4NO4S. The van der Waals surface area contributed by atoms with Gasteiger partial charge in [0.2, 0.25) is 0 Å². The number of thiophene rings is 1. The van der Waals surface area contributed by atoms with Gasteiger partial charge in [-0.05, 0) is 114 Å². The Kier molecular flexibility index (Phi) is 8.05. The van der Waals surface area contributed by atoms with Crippen molar-refractivity contribution in [3.8, 4) is 16.9 Å². The summed E-state index contributed by atoms with van der Waals surface area (Å²) in [6, 6.07) is 9.45. The Hall–Kier alpha value is -0.200. The van der Waals surface area contributed by atoms with Crippen molar-refractivity contribution in [1.29, 1.82) is 0 Å². The maximum absolute atomic E-state index is 13.0. The number of carboxylic acids is 1. The second-order valence-corrected chi connectivity index (χ2v) is 11.2. The van der Waals surface area contributed by atoms with Crippen molar-refractivity contribution < 1.29 is 19.4 Å². The third kappa shape index (κ3) is 5.01. The van der Waals surface area contributed by atoms with Gasteiger partial charge in [-0.1, -0.05) is 12.1 Å².